The number of hydrogen-bond acceptors (Lipinski definition) is 2. The second-order valence-electron chi connectivity index (χ2n) is 4.45. The summed E-state index contributed by atoms with van der Waals surface area (Å²) in [6.45, 7) is 6.66. The summed E-state index contributed by atoms with van der Waals surface area (Å²) in [6, 6.07) is 12.8. The Bertz CT molecular complexity index is 470. The van der Waals surface area contributed by atoms with E-state index in [1.54, 1.807) is 6.26 Å². The summed E-state index contributed by atoms with van der Waals surface area (Å²) < 4.78 is 5.33. The Morgan fingerprint density at radius 3 is 2.67 bits per heavy atom. The maximum absolute atomic E-state index is 5.33. The van der Waals surface area contributed by atoms with Gasteiger partial charge in [0.05, 0.1) is 12.8 Å². The average molecular weight is 241 g/mol. The normalized spacial score (nSPS) is 12.3. The van der Waals surface area contributed by atoms with Crippen LogP contribution >= 0.6 is 0 Å². The van der Waals surface area contributed by atoms with Crippen LogP contribution in [-0.4, -0.2) is 0 Å². The predicted octanol–water partition coefficient (Wildman–Crippen LogP) is 4.00. The van der Waals surface area contributed by atoms with Gasteiger partial charge < -0.3 is 9.73 Å². The van der Waals surface area contributed by atoms with Crippen LogP contribution in [0.1, 0.15) is 29.3 Å². The van der Waals surface area contributed by atoms with E-state index in [-0.39, 0.29) is 6.04 Å². The quantitative estimate of drug-likeness (QED) is 0.773. The molecular formula is C16H19NO. The monoisotopic (exact) mass is 241 g/mol. The van der Waals surface area contributed by atoms with E-state index in [4.69, 9.17) is 4.42 Å². The molecule has 2 nitrogen and oxygen atoms in total. The minimum atomic E-state index is 0.285. The van der Waals surface area contributed by atoms with E-state index in [1.807, 2.05) is 18.2 Å². The van der Waals surface area contributed by atoms with Crippen LogP contribution in [0.3, 0.4) is 0 Å². The molecule has 1 aromatic heterocycles. The highest BCUT2D eigenvalue weighted by molar-refractivity contribution is 5.24. The molecule has 2 heteroatoms. The first-order valence-electron chi connectivity index (χ1n) is 6.23. The SMILES string of the molecule is C=CC[C@H](NCc1ccco1)c1ccc(C)cc1. The molecule has 0 spiro atoms. The number of rotatable bonds is 6. The van der Waals surface area contributed by atoms with E-state index < -0.39 is 0 Å². The molecule has 1 N–H and O–H groups in total. The van der Waals surface area contributed by atoms with Crippen LogP contribution in [-0.2, 0) is 6.54 Å². The summed E-state index contributed by atoms with van der Waals surface area (Å²) in [5, 5.41) is 3.49. The van der Waals surface area contributed by atoms with Gasteiger partial charge in [-0.3, -0.25) is 0 Å². The van der Waals surface area contributed by atoms with Crippen molar-refractivity contribution in [3.63, 3.8) is 0 Å². The van der Waals surface area contributed by atoms with Crippen LogP contribution in [0.4, 0.5) is 0 Å². The summed E-state index contributed by atoms with van der Waals surface area (Å²) in [4.78, 5) is 0. The van der Waals surface area contributed by atoms with Crippen LogP contribution in [0, 0.1) is 6.92 Å². The van der Waals surface area contributed by atoms with E-state index >= 15 is 0 Å². The van der Waals surface area contributed by atoms with Crippen molar-refractivity contribution in [3.05, 3.63) is 72.2 Å². The molecule has 0 aliphatic rings. The first-order chi connectivity index (χ1) is 8.79. The smallest absolute Gasteiger partial charge is 0.117 e. The van der Waals surface area contributed by atoms with Gasteiger partial charge in [-0.25, -0.2) is 0 Å². The van der Waals surface area contributed by atoms with E-state index in [1.165, 1.54) is 11.1 Å². The first kappa shape index (κ1) is 12.7. The Labute approximate surface area is 108 Å². The Balaban J connectivity index is 2.03. The molecule has 0 amide bonds. The van der Waals surface area contributed by atoms with Gasteiger partial charge in [-0.1, -0.05) is 35.9 Å². The molecule has 0 saturated carbocycles. The fourth-order valence-corrected chi connectivity index (χ4v) is 1.94. The Kier molecular flexibility index (Phi) is 4.37. The summed E-state index contributed by atoms with van der Waals surface area (Å²) in [6.07, 6.45) is 4.55. The third kappa shape index (κ3) is 3.34. The molecule has 1 atom stereocenters. The Morgan fingerprint density at radius 2 is 2.06 bits per heavy atom. The van der Waals surface area contributed by atoms with Crippen molar-refractivity contribution in [1.29, 1.82) is 0 Å². The van der Waals surface area contributed by atoms with Gasteiger partial charge in [0, 0.05) is 6.04 Å². The van der Waals surface area contributed by atoms with Gasteiger partial charge in [0.1, 0.15) is 5.76 Å². The van der Waals surface area contributed by atoms with Gasteiger partial charge in [-0.15, -0.1) is 6.58 Å². The molecule has 1 heterocycles. The molecule has 0 saturated heterocycles. The molecule has 0 unspecified atom stereocenters. The number of furan rings is 1. The number of aryl methyl sites for hydroxylation is 1. The summed E-state index contributed by atoms with van der Waals surface area (Å²) >= 11 is 0. The van der Waals surface area contributed by atoms with Gasteiger partial charge in [-0.2, -0.15) is 0 Å². The van der Waals surface area contributed by atoms with Crippen LogP contribution in [0.25, 0.3) is 0 Å². The predicted molar refractivity (Wildman–Crippen MR) is 74.3 cm³/mol. The topological polar surface area (TPSA) is 25.2 Å². The molecule has 0 radical (unpaired) electrons. The first-order valence-corrected chi connectivity index (χ1v) is 6.23. The van der Waals surface area contributed by atoms with Crippen LogP contribution in [0.2, 0.25) is 0 Å². The van der Waals surface area contributed by atoms with Gasteiger partial charge in [0.25, 0.3) is 0 Å². The average Bonchev–Trinajstić information content (AvgIpc) is 2.89. The fourth-order valence-electron chi connectivity index (χ4n) is 1.94. The van der Waals surface area contributed by atoms with Gasteiger partial charge in [0.2, 0.25) is 0 Å². The second kappa shape index (κ2) is 6.22. The lowest BCUT2D eigenvalue weighted by molar-refractivity contribution is 0.450. The van der Waals surface area contributed by atoms with Gasteiger partial charge in [-0.05, 0) is 31.0 Å². The highest BCUT2D eigenvalue weighted by Gasteiger charge is 2.09. The highest BCUT2D eigenvalue weighted by Crippen LogP contribution is 2.18. The zero-order valence-corrected chi connectivity index (χ0v) is 10.7. The zero-order chi connectivity index (χ0) is 12.8. The molecule has 2 aromatic rings. The van der Waals surface area contributed by atoms with Crippen LogP contribution in [0.5, 0.6) is 0 Å². The van der Waals surface area contributed by atoms with Crippen LogP contribution < -0.4 is 5.32 Å². The van der Waals surface area contributed by atoms with E-state index in [2.05, 4.69) is 43.1 Å². The maximum atomic E-state index is 5.33. The fraction of sp³-hybridized carbons (Fsp3) is 0.250. The lowest BCUT2D eigenvalue weighted by Crippen LogP contribution is -2.20. The molecule has 94 valence electrons. The zero-order valence-electron chi connectivity index (χ0n) is 10.7. The molecule has 0 bridgehead atoms. The molecule has 2 rings (SSSR count). The molecule has 1 aromatic carbocycles. The number of nitrogens with one attached hydrogen (secondary N) is 1. The Hall–Kier alpha value is -1.80. The minimum Gasteiger partial charge on any atom is -0.468 e. The van der Waals surface area contributed by atoms with Gasteiger partial charge in [0.15, 0.2) is 0 Å². The van der Waals surface area contributed by atoms with Crippen molar-refractivity contribution in [2.45, 2.75) is 25.9 Å². The standard InChI is InChI=1S/C16H19NO/c1-3-5-16(14-9-7-13(2)8-10-14)17-12-15-6-4-11-18-15/h3-4,6-11,16-17H,1,5,12H2,2H3/t16-/m0/s1. The lowest BCUT2D eigenvalue weighted by Gasteiger charge is -2.17. The maximum Gasteiger partial charge on any atom is 0.117 e. The third-order valence-electron chi connectivity index (χ3n) is 2.98. The van der Waals surface area contributed by atoms with Crippen molar-refractivity contribution < 1.29 is 4.42 Å². The van der Waals surface area contributed by atoms with Crippen molar-refractivity contribution in [1.82, 2.24) is 5.32 Å². The van der Waals surface area contributed by atoms with E-state index in [9.17, 15) is 0 Å². The van der Waals surface area contributed by atoms with Crippen LogP contribution in [0.15, 0.2) is 59.7 Å². The number of benzene rings is 1. The highest BCUT2D eigenvalue weighted by atomic mass is 16.3. The third-order valence-corrected chi connectivity index (χ3v) is 2.98. The Morgan fingerprint density at radius 1 is 1.28 bits per heavy atom. The molecule has 0 aliphatic heterocycles. The molecule has 0 fully saturated rings. The van der Waals surface area contributed by atoms with Crippen molar-refractivity contribution >= 4 is 0 Å². The van der Waals surface area contributed by atoms with E-state index in [0.717, 1.165) is 18.7 Å². The second-order valence-corrected chi connectivity index (χ2v) is 4.45. The van der Waals surface area contributed by atoms with Gasteiger partial charge >= 0.3 is 0 Å². The largest absolute Gasteiger partial charge is 0.468 e. The van der Waals surface area contributed by atoms with Crippen molar-refractivity contribution in [2.75, 3.05) is 0 Å². The molecular weight excluding hydrogens is 222 g/mol. The lowest BCUT2D eigenvalue weighted by atomic mass is 10.0. The summed E-state index contributed by atoms with van der Waals surface area (Å²) in [5.74, 6) is 0.955. The van der Waals surface area contributed by atoms with E-state index in [0.29, 0.717) is 0 Å². The summed E-state index contributed by atoms with van der Waals surface area (Å²) in [5.41, 5.74) is 2.56. The molecule has 18 heavy (non-hydrogen) atoms. The molecule has 0 aliphatic carbocycles. The number of hydrogen-bond donors (Lipinski definition) is 1. The minimum absolute atomic E-state index is 0.285. The van der Waals surface area contributed by atoms with Crippen molar-refractivity contribution in [2.24, 2.45) is 0 Å². The van der Waals surface area contributed by atoms with Crippen molar-refractivity contribution in [3.8, 4) is 0 Å². The summed E-state index contributed by atoms with van der Waals surface area (Å²) in [7, 11) is 0.